The van der Waals surface area contributed by atoms with E-state index in [0.717, 1.165) is 4.88 Å². The van der Waals surface area contributed by atoms with Crippen LogP contribution in [-0.2, 0) is 16.1 Å². The fraction of sp³-hybridized carbons (Fsp3) is 0.263. The highest BCUT2D eigenvalue weighted by molar-refractivity contribution is 7.99. The van der Waals surface area contributed by atoms with Crippen molar-refractivity contribution in [1.29, 1.82) is 0 Å². The first-order valence-corrected chi connectivity index (χ1v) is 10.6. The van der Waals surface area contributed by atoms with E-state index >= 15 is 0 Å². The van der Waals surface area contributed by atoms with E-state index in [2.05, 4.69) is 22.1 Å². The smallest absolute Gasteiger partial charge is 0.341 e. The second kappa shape index (κ2) is 9.57. The number of aromatic nitrogens is 3. The van der Waals surface area contributed by atoms with Crippen LogP contribution in [0.2, 0.25) is 0 Å². The number of furan rings is 1. The van der Waals surface area contributed by atoms with Gasteiger partial charge in [-0.3, -0.25) is 9.36 Å². The van der Waals surface area contributed by atoms with Crippen molar-refractivity contribution in [2.45, 2.75) is 25.5 Å². The Bertz CT molecular complexity index is 1010. The Labute approximate surface area is 176 Å². The number of nitrogens with one attached hydrogen (secondary N) is 1. The third kappa shape index (κ3) is 4.96. The number of esters is 1. The Morgan fingerprint density at radius 3 is 2.97 bits per heavy atom. The molecule has 8 nitrogen and oxygen atoms in total. The van der Waals surface area contributed by atoms with Crippen LogP contribution in [0.25, 0.3) is 11.6 Å². The summed E-state index contributed by atoms with van der Waals surface area (Å²) < 4.78 is 12.3. The highest BCUT2D eigenvalue weighted by atomic mass is 32.2. The van der Waals surface area contributed by atoms with Gasteiger partial charge in [0, 0.05) is 11.4 Å². The van der Waals surface area contributed by atoms with Gasteiger partial charge >= 0.3 is 5.97 Å². The van der Waals surface area contributed by atoms with Gasteiger partial charge < -0.3 is 14.5 Å². The summed E-state index contributed by atoms with van der Waals surface area (Å²) in [4.78, 5) is 25.4. The number of aryl methyl sites for hydroxylation is 1. The van der Waals surface area contributed by atoms with Gasteiger partial charge in [-0.15, -0.1) is 28.1 Å². The van der Waals surface area contributed by atoms with Gasteiger partial charge in [-0.1, -0.05) is 17.8 Å². The molecule has 3 rings (SSSR count). The van der Waals surface area contributed by atoms with Crippen molar-refractivity contribution in [3.8, 4) is 11.6 Å². The quantitative estimate of drug-likeness (QED) is 0.310. The lowest BCUT2D eigenvalue weighted by atomic mass is 10.3. The van der Waals surface area contributed by atoms with Crippen molar-refractivity contribution in [2.75, 3.05) is 17.7 Å². The molecule has 1 amide bonds. The summed E-state index contributed by atoms with van der Waals surface area (Å²) in [6.07, 6.45) is 3.28. The van der Waals surface area contributed by atoms with Crippen LogP contribution in [0.5, 0.6) is 0 Å². The summed E-state index contributed by atoms with van der Waals surface area (Å²) in [6, 6.07) is 5.27. The minimum absolute atomic E-state index is 0.104. The molecule has 0 unspecified atom stereocenters. The van der Waals surface area contributed by atoms with Gasteiger partial charge in [-0.2, -0.15) is 0 Å². The molecule has 152 valence electrons. The van der Waals surface area contributed by atoms with E-state index in [4.69, 9.17) is 9.15 Å². The summed E-state index contributed by atoms with van der Waals surface area (Å²) in [5, 5.41) is 12.2. The number of anilines is 1. The number of hydrogen-bond acceptors (Lipinski definition) is 8. The van der Waals surface area contributed by atoms with E-state index in [0.29, 0.717) is 33.9 Å². The molecule has 0 spiro atoms. The van der Waals surface area contributed by atoms with E-state index in [9.17, 15) is 9.59 Å². The fourth-order valence-corrected chi connectivity index (χ4v) is 4.20. The van der Waals surface area contributed by atoms with Gasteiger partial charge in [0.1, 0.15) is 5.00 Å². The van der Waals surface area contributed by atoms with Gasteiger partial charge in [0.25, 0.3) is 0 Å². The molecule has 3 aromatic rings. The van der Waals surface area contributed by atoms with E-state index in [1.807, 2.05) is 11.5 Å². The van der Waals surface area contributed by atoms with Crippen molar-refractivity contribution in [1.82, 2.24) is 14.8 Å². The van der Waals surface area contributed by atoms with Crippen LogP contribution in [0.3, 0.4) is 0 Å². The first kappa shape index (κ1) is 20.9. The maximum Gasteiger partial charge on any atom is 0.341 e. The number of nitrogens with zero attached hydrogens (tertiary/aromatic N) is 3. The van der Waals surface area contributed by atoms with Crippen molar-refractivity contribution < 1.29 is 18.7 Å². The average molecular weight is 433 g/mol. The average Bonchev–Trinajstić information content (AvgIpc) is 3.41. The molecule has 29 heavy (non-hydrogen) atoms. The first-order chi connectivity index (χ1) is 14.0. The maximum absolute atomic E-state index is 12.5. The Morgan fingerprint density at radius 1 is 1.45 bits per heavy atom. The third-order valence-corrected chi connectivity index (χ3v) is 5.64. The second-order valence-electron chi connectivity index (χ2n) is 5.84. The standard InChI is InChI=1S/C19H20N4O4S2/c1-4-8-23-16(14-7-6-9-27-14)21-22-19(23)28-11-15(24)20-17-13(10-12(3)29-17)18(25)26-5-2/h4,6-7,9-10H,1,5,8,11H2,2-3H3,(H,20,24). The molecule has 0 bridgehead atoms. The Balaban J connectivity index is 1.69. The maximum atomic E-state index is 12.5. The Hall–Kier alpha value is -2.85. The van der Waals surface area contributed by atoms with Gasteiger partial charge in [0.15, 0.2) is 10.9 Å². The zero-order chi connectivity index (χ0) is 20.8. The van der Waals surface area contributed by atoms with Gasteiger partial charge in [-0.05, 0) is 32.0 Å². The number of carbonyl (C=O) groups excluding carboxylic acids is 2. The summed E-state index contributed by atoms with van der Waals surface area (Å²) >= 11 is 2.57. The minimum atomic E-state index is -0.450. The van der Waals surface area contributed by atoms with Crippen molar-refractivity contribution >= 4 is 40.0 Å². The highest BCUT2D eigenvalue weighted by Gasteiger charge is 2.20. The second-order valence-corrected chi connectivity index (χ2v) is 8.04. The number of ether oxygens (including phenoxy) is 1. The molecule has 10 heteroatoms. The summed E-state index contributed by atoms with van der Waals surface area (Å²) in [6.45, 7) is 8.11. The van der Waals surface area contributed by atoms with Crippen LogP contribution in [0.4, 0.5) is 5.00 Å². The summed E-state index contributed by atoms with van der Waals surface area (Å²) in [5.41, 5.74) is 0.364. The van der Waals surface area contributed by atoms with Crippen LogP contribution in [0, 0.1) is 6.92 Å². The molecular formula is C19H20N4O4S2. The molecule has 0 aliphatic rings. The molecule has 0 aliphatic heterocycles. The lowest BCUT2D eigenvalue weighted by Gasteiger charge is -2.07. The number of carbonyl (C=O) groups is 2. The fourth-order valence-electron chi connectivity index (χ4n) is 2.54. The lowest BCUT2D eigenvalue weighted by molar-refractivity contribution is -0.113. The van der Waals surface area contributed by atoms with Gasteiger partial charge in [0.05, 0.1) is 24.2 Å². The van der Waals surface area contributed by atoms with Crippen molar-refractivity contribution in [3.63, 3.8) is 0 Å². The zero-order valence-electron chi connectivity index (χ0n) is 16.0. The van der Waals surface area contributed by atoms with E-state index < -0.39 is 5.97 Å². The van der Waals surface area contributed by atoms with Crippen LogP contribution in [0.15, 0.2) is 46.7 Å². The number of allylic oxidation sites excluding steroid dienone is 1. The number of hydrogen-bond donors (Lipinski definition) is 1. The van der Waals surface area contributed by atoms with Crippen molar-refractivity contribution in [2.24, 2.45) is 0 Å². The summed E-state index contributed by atoms with van der Waals surface area (Å²) in [7, 11) is 0. The molecule has 0 radical (unpaired) electrons. The van der Waals surface area contributed by atoms with Crippen molar-refractivity contribution in [3.05, 3.63) is 47.6 Å². The molecule has 3 aromatic heterocycles. The van der Waals surface area contributed by atoms with Crippen LogP contribution < -0.4 is 5.32 Å². The lowest BCUT2D eigenvalue weighted by Crippen LogP contribution is -2.16. The Morgan fingerprint density at radius 2 is 2.28 bits per heavy atom. The van der Waals surface area contributed by atoms with Crippen LogP contribution in [-0.4, -0.2) is 39.0 Å². The highest BCUT2D eigenvalue weighted by Crippen LogP contribution is 2.29. The van der Waals surface area contributed by atoms with Gasteiger partial charge in [0.2, 0.25) is 11.7 Å². The molecule has 0 saturated carbocycles. The zero-order valence-corrected chi connectivity index (χ0v) is 17.6. The summed E-state index contributed by atoms with van der Waals surface area (Å²) in [5.74, 6) is 0.552. The molecule has 0 atom stereocenters. The Kier molecular flexibility index (Phi) is 6.89. The first-order valence-electron chi connectivity index (χ1n) is 8.81. The molecule has 3 heterocycles. The molecule has 0 aliphatic carbocycles. The predicted octanol–water partition coefficient (Wildman–Crippen LogP) is 4.00. The molecule has 0 aromatic carbocycles. The predicted molar refractivity (Wildman–Crippen MR) is 112 cm³/mol. The van der Waals surface area contributed by atoms with Crippen LogP contribution >= 0.6 is 23.1 Å². The number of thioether (sulfide) groups is 1. The molecule has 0 fully saturated rings. The normalized spacial score (nSPS) is 10.7. The minimum Gasteiger partial charge on any atom is -0.462 e. The monoisotopic (exact) mass is 432 g/mol. The largest absolute Gasteiger partial charge is 0.462 e. The van der Waals surface area contributed by atoms with Gasteiger partial charge in [-0.25, -0.2) is 4.79 Å². The van der Waals surface area contributed by atoms with Crippen LogP contribution in [0.1, 0.15) is 22.2 Å². The molecular weight excluding hydrogens is 412 g/mol. The van der Waals surface area contributed by atoms with E-state index in [1.54, 1.807) is 37.5 Å². The SMILES string of the molecule is C=CCn1c(SCC(=O)Nc2sc(C)cc2C(=O)OCC)nnc1-c1ccco1. The number of thiophene rings is 1. The molecule has 0 saturated heterocycles. The molecule has 1 N–H and O–H groups in total. The topological polar surface area (TPSA) is 99.2 Å². The number of amides is 1. The van der Waals surface area contributed by atoms with E-state index in [-0.39, 0.29) is 18.3 Å². The number of rotatable bonds is 9. The third-order valence-electron chi connectivity index (χ3n) is 3.71. The van der Waals surface area contributed by atoms with E-state index in [1.165, 1.54) is 23.1 Å².